The van der Waals surface area contributed by atoms with Crippen LogP contribution in [0.2, 0.25) is 0 Å². The average molecular weight is 334 g/mol. The Bertz CT molecular complexity index is 662. The molecule has 2 aromatic rings. The van der Waals surface area contributed by atoms with E-state index in [1.807, 2.05) is 24.3 Å². The highest BCUT2D eigenvalue weighted by Crippen LogP contribution is 2.45. The predicted octanol–water partition coefficient (Wildman–Crippen LogP) is 4.96. The van der Waals surface area contributed by atoms with Crippen LogP contribution in [0.1, 0.15) is 31.9 Å². The highest BCUT2D eigenvalue weighted by atomic mass is 31.2. The summed E-state index contributed by atoms with van der Waals surface area (Å²) in [4.78, 5) is 9.54. The van der Waals surface area contributed by atoms with Crippen LogP contribution in [-0.4, -0.2) is 11.0 Å². The van der Waals surface area contributed by atoms with Crippen molar-refractivity contribution in [1.82, 2.24) is 0 Å². The van der Waals surface area contributed by atoms with Gasteiger partial charge in [0.15, 0.2) is 0 Å². The summed E-state index contributed by atoms with van der Waals surface area (Å²) in [5, 5.41) is 0. The van der Waals surface area contributed by atoms with E-state index < -0.39 is 7.82 Å². The van der Waals surface area contributed by atoms with Crippen molar-refractivity contribution in [3.63, 3.8) is 0 Å². The fourth-order valence-electron chi connectivity index (χ4n) is 2.18. The quantitative estimate of drug-likeness (QED) is 0.727. The van der Waals surface area contributed by atoms with Crippen molar-refractivity contribution in [2.75, 3.05) is 0 Å². The van der Waals surface area contributed by atoms with Crippen LogP contribution in [0.25, 0.3) is 11.1 Å². The zero-order valence-corrected chi connectivity index (χ0v) is 14.6. The van der Waals surface area contributed by atoms with E-state index in [0.717, 1.165) is 23.1 Å². The minimum Gasteiger partial charge on any atom is -0.302 e. The lowest BCUT2D eigenvalue weighted by Crippen LogP contribution is -2.02. The molecule has 1 atom stereocenters. The van der Waals surface area contributed by atoms with Crippen molar-refractivity contribution < 1.29 is 18.5 Å². The SMILES string of the molecule is CCc1ccc(-c2ccc(COP(=O)(O)OC(C)C)cc2)cc1. The number of hydrogen-bond donors (Lipinski definition) is 1. The minimum absolute atomic E-state index is 0.0373. The molecule has 0 amide bonds. The highest BCUT2D eigenvalue weighted by molar-refractivity contribution is 7.47. The summed E-state index contributed by atoms with van der Waals surface area (Å²) in [5.74, 6) is 0. The topological polar surface area (TPSA) is 55.8 Å². The monoisotopic (exact) mass is 334 g/mol. The van der Waals surface area contributed by atoms with Gasteiger partial charge in [0, 0.05) is 0 Å². The second kappa shape index (κ2) is 7.89. The van der Waals surface area contributed by atoms with Crippen molar-refractivity contribution in [1.29, 1.82) is 0 Å². The molecule has 1 N–H and O–H groups in total. The van der Waals surface area contributed by atoms with Crippen LogP contribution in [0.5, 0.6) is 0 Å². The third-order valence-corrected chi connectivity index (χ3v) is 4.53. The molecule has 0 bridgehead atoms. The molecule has 1 unspecified atom stereocenters. The van der Waals surface area contributed by atoms with Crippen LogP contribution >= 0.6 is 7.82 Å². The normalized spacial score (nSPS) is 14.0. The van der Waals surface area contributed by atoms with Crippen LogP contribution in [0.3, 0.4) is 0 Å². The van der Waals surface area contributed by atoms with Gasteiger partial charge in [-0.25, -0.2) is 4.57 Å². The smallest absolute Gasteiger partial charge is 0.302 e. The molecule has 0 aliphatic rings. The Morgan fingerprint density at radius 3 is 1.87 bits per heavy atom. The van der Waals surface area contributed by atoms with Gasteiger partial charge in [-0.2, -0.15) is 0 Å². The maximum Gasteiger partial charge on any atom is 0.472 e. The molecule has 0 saturated heterocycles. The van der Waals surface area contributed by atoms with Crippen LogP contribution in [-0.2, 0) is 26.6 Å². The van der Waals surface area contributed by atoms with E-state index in [1.54, 1.807) is 13.8 Å². The van der Waals surface area contributed by atoms with Crippen LogP contribution < -0.4 is 0 Å². The van der Waals surface area contributed by atoms with Gasteiger partial charge in [0.25, 0.3) is 0 Å². The molecule has 0 fully saturated rings. The zero-order valence-electron chi connectivity index (χ0n) is 13.7. The van der Waals surface area contributed by atoms with Gasteiger partial charge in [0.05, 0.1) is 12.7 Å². The van der Waals surface area contributed by atoms with E-state index in [0.29, 0.717) is 0 Å². The molecule has 0 heterocycles. The van der Waals surface area contributed by atoms with Crippen LogP contribution in [0.4, 0.5) is 0 Å². The third-order valence-electron chi connectivity index (χ3n) is 3.39. The molecule has 0 aromatic heterocycles. The van der Waals surface area contributed by atoms with E-state index in [9.17, 15) is 9.46 Å². The largest absolute Gasteiger partial charge is 0.472 e. The Labute approximate surface area is 137 Å². The molecule has 0 aliphatic heterocycles. The lowest BCUT2D eigenvalue weighted by atomic mass is 10.0. The van der Waals surface area contributed by atoms with E-state index in [4.69, 9.17) is 9.05 Å². The maximum absolute atomic E-state index is 11.7. The Balaban J connectivity index is 2.00. The van der Waals surface area contributed by atoms with E-state index in [1.165, 1.54) is 5.56 Å². The third kappa shape index (κ3) is 5.60. The second-order valence-corrected chi connectivity index (χ2v) is 7.05. The first-order chi connectivity index (χ1) is 10.9. The number of aryl methyl sites for hydroxylation is 1. The lowest BCUT2D eigenvalue weighted by Gasteiger charge is -2.14. The van der Waals surface area contributed by atoms with Crippen molar-refractivity contribution in [2.24, 2.45) is 0 Å². The Hall–Kier alpha value is -1.45. The van der Waals surface area contributed by atoms with Gasteiger partial charge in [0.1, 0.15) is 0 Å². The molecule has 23 heavy (non-hydrogen) atoms. The second-order valence-electron chi connectivity index (χ2n) is 5.64. The molecule has 0 spiro atoms. The maximum atomic E-state index is 11.7. The zero-order chi connectivity index (χ0) is 16.9. The molecule has 0 saturated carbocycles. The van der Waals surface area contributed by atoms with Gasteiger partial charge in [-0.3, -0.25) is 9.05 Å². The molecule has 2 aromatic carbocycles. The number of hydrogen-bond acceptors (Lipinski definition) is 3. The summed E-state index contributed by atoms with van der Waals surface area (Å²) < 4.78 is 21.5. The number of phosphoric ester groups is 1. The summed E-state index contributed by atoms with van der Waals surface area (Å²) in [6, 6.07) is 16.2. The van der Waals surface area contributed by atoms with E-state index >= 15 is 0 Å². The average Bonchev–Trinajstić information content (AvgIpc) is 2.52. The van der Waals surface area contributed by atoms with Crippen molar-refractivity contribution in [3.8, 4) is 11.1 Å². The first-order valence-corrected chi connectivity index (χ1v) is 9.23. The van der Waals surface area contributed by atoms with Crippen molar-refractivity contribution in [3.05, 3.63) is 59.7 Å². The van der Waals surface area contributed by atoms with Gasteiger partial charge < -0.3 is 4.89 Å². The minimum atomic E-state index is -3.99. The Morgan fingerprint density at radius 1 is 0.957 bits per heavy atom. The van der Waals surface area contributed by atoms with Crippen LogP contribution in [0, 0.1) is 0 Å². The molecule has 5 heteroatoms. The summed E-state index contributed by atoms with van der Waals surface area (Å²) >= 11 is 0. The van der Waals surface area contributed by atoms with E-state index in [2.05, 4.69) is 31.2 Å². The molecule has 124 valence electrons. The van der Waals surface area contributed by atoms with Crippen molar-refractivity contribution in [2.45, 2.75) is 39.9 Å². The fraction of sp³-hybridized carbons (Fsp3) is 0.333. The first kappa shape index (κ1) is 17.9. The number of rotatable bonds is 7. The molecular formula is C18H23O4P. The molecule has 0 radical (unpaired) electrons. The lowest BCUT2D eigenvalue weighted by molar-refractivity contribution is 0.116. The summed E-state index contributed by atoms with van der Waals surface area (Å²) in [6.07, 6.45) is 0.662. The fourth-order valence-corrected chi connectivity index (χ4v) is 3.09. The van der Waals surface area contributed by atoms with Gasteiger partial charge in [-0.15, -0.1) is 0 Å². The van der Waals surface area contributed by atoms with Gasteiger partial charge in [0.2, 0.25) is 0 Å². The molecular weight excluding hydrogens is 311 g/mol. The van der Waals surface area contributed by atoms with Gasteiger partial charge >= 0.3 is 7.82 Å². The Kier molecular flexibility index (Phi) is 6.14. The van der Waals surface area contributed by atoms with E-state index in [-0.39, 0.29) is 12.7 Å². The molecule has 0 aliphatic carbocycles. The number of benzene rings is 2. The highest BCUT2D eigenvalue weighted by Gasteiger charge is 2.22. The predicted molar refractivity (Wildman–Crippen MR) is 92.1 cm³/mol. The molecule has 2 rings (SSSR count). The standard InChI is InChI=1S/C18H23O4P/c1-4-15-5-9-17(10-6-15)18-11-7-16(8-12-18)13-21-23(19,20)22-14(2)3/h5-12,14H,4,13H2,1-3H3,(H,19,20). The summed E-state index contributed by atoms with van der Waals surface area (Å²) in [5.41, 5.74) is 4.37. The summed E-state index contributed by atoms with van der Waals surface area (Å²) in [6.45, 7) is 5.54. The van der Waals surface area contributed by atoms with Crippen LogP contribution in [0.15, 0.2) is 48.5 Å². The van der Waals surface area contributed by atoms with Crippen molar-refractivity contribution >= 4 is 7.82 Å². The Morgan fingerprint density at radius 2 is 1.43 bits per heavy atom. The number of phosphoric acid groups is 1. The van der Waals surface area contributed by atoms with Gasteiger partial charge in [-0.1, -0.05) is 55.5 Å². The summed E-state index contributed by atoms with van der Waals surface area (Å²) in [7, 11) is -3.99. The van der Waals surface area contributed by atoms with Gasteiger partial charge in [-0.05, 0) is 42.5 Å². The molecule has 4 nitrogen and oxygen atoms in total. The first-order valence-electron chi connectivity index (χ1n) is 7.73.